The van der Waals surface area contributed by atoms with Gasteiger partial charge in [-0.15, -0.1) is 12.4 Å². The van der Waals surface area contributed by atoms with E-state index in [0.717, 1.165) is 55.2 Å². The zero-order chi connectivity index (χ0) is 16.9. The summed E-state index contributed by atoms with van der Waals surface area (Å²) in [6, 6.07) is 5.85. The first-order chi connectivity index (χ1) is 11.6. The van der Waals surface area contributed by atoms with Crippen molar-refractivity contribution in [2.75, 3.05) is 36.5 Å². The highest BCUT2D eigenvalue weighted by atomic mass is 35.5. The molecule has 2 saturated heterocycles. The molecule has 5 nitrogen and oxygen atoms in total. The van der Waals surface area contributed by atoms with Crippen molar-refractivity contribution in [2.45, 2.75) is 32.2 Å². The molecule has 0 aliphatic carbocycles. The van der Waals surface area contributed by atoms with Crippen LogP contribution in [0.25, 0.3) is 0 Å². The maximum Gasteiger partial charge on any atom is 0.253 e. The second-order valence-electron chi connectivity index (χ2n) is 6.48. The Balaban J connectivity index is 0.00000225. The zero-order valence-corrected chi connectivity index (χ0v) is 16.2. The molecule has 2 amide bonds. The highest BCUT2D eigenvalue weighted by Gasteiger charge is 2.20. The molecular weight excluding hydrogens is 358 g/mol. The molecule has 1 atom stereocenters. The molecule has 1 unspecified atom stereocenters. The lowest BCUT2D eigenvalue weighted by molar-refractivity contribution is -0.116. The normalized spacial score (nSPS) is 20.0. The summed E-state index contributed by atoms with van der Waals surface area (Å²) < 4.78 is 0. The number of amides is 2. The third kappa shape index (κ3) is 5.36. The van der Waals surface area contributed by atoms with Gasteiger partial charge < -0.3 is 15.5 Å². The lowest BCUT2D eigenvalue weighted by Crippen LogP contribution is -2.37. The summed E-state index contributed by atoms with van der Waals surface area (Å²) in [5, 5.41) is 6.31. The average Bonchev–Trinajstić information content (AvgIpc) is 3.09. The van der Waals surface area contributed by atoms with Crippen LogP contribution in [0.2, 0.25) is 0 Å². The number of nitrogens with zero attached hydrogens (tertiary/aromatic N) is 1. The zero-order valence-electron chi connectivity index (χ0n) is 14.5. The van der Waals surface area contributed by atoms with Gasteiger partial charge in [0.25, 0.3) is 5.91 Å². The number of hydrogen-bond acceptors (Lipinski definition) is 4. The molecule has 3 rings (SSSR count). The fourth-order valence-electron chi connectivity index (χ4n) is 3.24. The quantitative estimate of drug-likeness (QED) is 0.839. The number of rotatable bonds is 4. The molecule has 0 bridgehead atoms. The van der Waals surface area contributed by atoms with E-state index in [1.807, 2.05) is 41.8 Å². The van der Waals surface area contributed by atoms with Gasteiger partial charge in [-0.25, -0.2) is 0 Å². The summed E-state index contributed by atoms with van der Waals surface area (Å²) in [7, 11) is 0. The third-order valence-electron chi connectivity index (χ3n) is 4.64. The van der Waals surface area contributed by atoms with Crippen LogP contribution in [-0.2, 0) is 4.79 Å². The monoisotopic (exact) mass is 383 g/mol. The molecule has 1 aromatic carbocycles. The minimum absolute atomic E-state index is 0. The number of carbonyl (C=O) groups is 2. The van der Waals surface area contributed by atoms with Crippen LogP contribution in [0, 0.1) is 6.92 Å². The van der Waals surface area contributed by atoms with Crippen molar-refractivity contribution < 1.29 is 9.59 Å². The molecule has 25 heavy (non-hydrogen) atoms. The summed E-state index contributed by atoms with van der Waals surface area (Å²) in [5.41, 5.74) is 2.43. The number of nitrogens with one attached hydrogen (secondary N) is 2. The number of aryl methyl sites for hydroxylation is 1. The van der Waals surface area contributed by atoms with Crippen molar-refractivity contribution in [3.63, 3.8) is 0 Å². The van der Waals surface area contributed by atoms with Crippen molar-refractivity contribution >= 4 is 41.7 Å². The van der Waals surface area contributed by atoms with Crippen molar-refractivity contribution in [1.29, 1.82) is 0 Å². The molecule has 138 valence electrons. The predicted molar refractivity (Wildman–Crippen MR) is 106 cm³/mol. The first kappa shape index (κ1) is 20.1. The number of halogens is 1. The molecule has 0 radical (unpaired) electrons. The van der Waals surface area contributed by atoms with Crippen molar-refractivity contribution in [3.05, 3.63) is 29.3 Å². The van der Waals surface area contributed by atoms with Crippen LogP contribution >= 0.6 is 24.2 Å². The molecule has 2 heterocycles. The fourth-order valence-corrected chi connectivity index (χ4v) is 4.15. The van der Waals surface area contributed by atoms with Gasteiger partial charge in [0.15, 0.2) is 0 Å². The maximum atomic E-state index is 12.5. The predicted octanol–water partition coefficient (Wildman–Crippen LogP) is 2.69. The van der Waals surface area contributed by atoms with Gasteiger partial charge in [0.05, 0.1) is 0 Å². The van der Waals surface area contributed by atoms with E-state index < -0.39 is 0 Å². The Hall–Kier alpha value is -1.24. The molecule has 0 saturated carbocycles. The lowest BCUT2D eigenvalue weighted by atomic mass is 10.1. The smallest absolute Gasteiger partial charge is 0.253 e. The van der Waals surface area contributed by atoms with Gasteiger partial charge in [-0.2, -0.15) is 11.8 Å². The number of benzene rings is 1. The average molecular weight is 384 g/mol. The van der Waals surface area contributed by atoms with Gasteiger partial charge in [-0.05, 0) is 50.1 Å². The van der Waals surface area contributed by atoms with E-state index in [4.69, 9.17) is 0 Å². The molecule has 2 aliphatic heterocycles. The third-order valence-corrected chi connectivity index (χ3v) is 5.58. The summed E-state index contributed by atoms with van der Waals surface area (Å²) in [4.78, 5) is 26.6. The van der Waals surface area contributed by atoms with E-state index in [-0.39, 0.29) is 24.2 Å². The van der Waals surface area contributed by atoms with Gasteiger partial charge in [0.1, 0.15) is 0 Å². The number of carbonyl (C=O) groups excluding carboxylic acids is 2. The second kappa shape index (κ2) is 9.46. The van der Waals surface area contributed by atoms with Gasteiger partial charge in [0.2, 0.25) is 5.91 Å². The number of anilines is 1. The summed E-state index contributed by atoms with van der Waals surface area (Å²) >= 11 is 1.89. The first-order valence-electron chi connectivity index (χ1n) is 8.64. The van der Waals surface area contributed by atoms with Crippen LogP contribution in [0.4, 0.5) is 5.69 Å². The molecule has 7 heteroatoms. The van der Waals surface area contributed by atoms with Crippen LogP contribution in [0.1, 0.15) is 35.2 Å². The Morgan fingerprint density at radius 3 is 2.72 bits per heavy atom. The van der Waals surface area contributed by atoms with Gasteiger partial charge in [-0.3, -0.25) is 9.59 Å². The Morgan fingerprint density at radius 1 is 1.32 bits per heavy atom. The van der Waals surface area contributed by atoms with Gasteiger partial charge >= 0.3 is 0 Å². The minimum Gasteiger partial charge on any atom is -0.337 e. The van der Waals surface area contributed by atoms with E-state index in [9.17, 15) is 9.59 Å². The topological polar surface area (TPSA) is 61.4 Å². The van der Waals surface area contributed by atoms with E-state index in [1.165, 1.54) is 0 Å². The molecule has 0 spiro atoms. The molecule has 0 aromatic heterocycles. The highest BCUT2D eigenvalue weighted by molar-refractivity contribution is 7.99. The minimum atomic E-state index is 0. The molecule has 1 aromatic rings. The van der Waals surface area contributed by atoms with Gasteiger partial charge in [0, 0.05) is 48.3 Å². The second-order valence-corrected chi connectivity index (χ2v) is 7.70. The maximum absolute atomic E-state index is 12.5. The Bertz CT molecular complexity index is 614. The van der Waals surface area contributed by atoms with Crippen molar-refractivity contribution in [1.82, 2.24) is 10.2 Å². The largest absolute Gasteiger partial charge is 0.337 e. The van der Waals surface area contributed by atoms with Crippen LogP contribution in [-0.4, -0.2) is 53.9 Å². The standard InChI is InChI=1S/C18H25N3O2S.ClH/c1-13-11-14(18(23)21-7-9-24-10-8-21)4-5-16(13)20-17(22)12-15-3-2-6-19-15;/h4-5,11,15,19H,2-3,6-10,12H2,1H3,(H,20,22);1H. The SMILES string of the molecule is Cc1cc(C(=O)N2CCSCC2)ccc1NC(=O)CC1CCCN1.Cl. The molecule has 2 fully saturated rings. The van der Waals surface area contributed by atoms with Crippen LogP contribution in [0.3, 0.4) is 0 Å². The van der Waals surface area contributed by atoms with E-state index in [0.29, 0.717) is 18.0 Å². The molecule has 2 aliphatic rings. The van der Waals surface area contributed by atoms with E-state index >= 15 is 0 Å². The van der Waals surface area contributed by atoms with Crippen LogP contribution in [0.5, 0.6) is 0 Å². The molecule has 2 N–H and O–H groups in total. The Kier molecular flexibility index (Phi) is 7.59. The molecular formula is C18H26ClN3O2S. The highest BCUT2D eigenvalue weighted by Crippen LogP contribution is 2.20. The van der Waals surface area contributed by atoms with E-state index in [2.05, 4.69) is 10.6 Å². The van der Waals surface area contributed by atoms with Gasteiger partial charge in [-0.1, -0.05) is 0 Å². The summed E-state index contributed by atoms with van der Waals surface area (Å²) in [5.74, 6) is 2.14. The van der Waals surface area contributed by atoms with Crippen molar-refractivity contribution in [2.24, 2.45) is 0 Å². The summed E-state index contributed by atoms with van der Waals surface area (Å²) in [6.07, 6.45) is 2.71. The Labute approximate surface area is 159 Å². The lowest BCUT2D eigenvalue weighted by Gasteiger charge is -2.26. The van der Waals surface area contributed by atoms with Crippen LogP contribution < -0.4 is 10.6 Å². The number of hydrogen-bond donors (Lipinski definition) is 2. The van der Waals surface area contributed by atoms with E-state index in [1.54, 1.807) is 0 Å². The summed E-state index contributed by atoms with van der Waals surface area (Å²) in [6.45, 7) is 4.57. The Morgan fingerprint density at radius 2 is 2.08 bits per heavy atom. The van der Waals surface area contributed by atoms with Crippen LogP contribution in [0.15, 0.2) is 18.2 Å². The fraction of sp³-hybridized carbons (Fsp3) is 0.556. The first-order valence-corrected chi connectivity index (χ1v) is 9.80. The number of thioether (sulfide) groups is 1. The van der Waals surface area contributed by atoms with Crippen molar-refractivity contribution in [3.8, 4) is 0 Å².